The van der Waals surface area contributed by atoms with Crippen molar-refractivity contribution in [3.63, 3.8) is 0 Å². The lowest BCUT2D eigenvalue weighted by molar-refractivity contribution is -0.119. The van der Waals surface area contributed by atoms with E-state index in [4.69, 9.17) is 16.7 Å². The maximum atomic E-state index is 10.7. The topological polar surface area (TPSA) is 92.9 Å². The number of carbonyl (C=O) groups excluding carboxylic acids is 1. The molecule has 0 aromatic heterocycles. The molecule has 0 saturated heterocycles. The summed E-state index contributed by atoms with van der Waals surface area (Å²) in [5, 5.41) is 8.55. The number of hydrogen-bond donors (Lipinski definition) is 2. The zero-order valence-corrected chi connectivity index (χ0v) is 11.6. The fourth-order valence-corrected chi connectivity index (χ4v) is 1.07. The van der Waals surface area contributed by atoms with Gasteiger partial charge in [-0.05, 0) is 24.1 Å². The molecule has 1 atom stereocenters. The molecule has 0 bridgehead atoms. The van der Waals surface area contributed by atoms with Gasteiger partial charge in [0.25, 0.3) is 0 Å². The number of benzene rings is 1. The molecule has 1 aromatic rings. The summed E-state index contributed by atoms with van der Waals surface area (Å²) < 4.78 is 0. The molecule has 0 aliphatic rings. The highest BCUT2D eigenvalue weighted by molar-refractivity contribution is 5.79. The lowest BCUT2D eigenvalue weighted by Crippen LogP contribution is -2.38. The SMILES string of the molecule is CC.CC.N#Cc1ccc(C[C@H](N)C(N)=O)cc1. The summed E-state index contributed by atoms with van der Waals surface area (Å²) in [6.45, 7) is 8.00. The Morgan fingerprint density at radius 1 is 1.22 bits per heavy atom. The average Bonchev–Trinajstić information content (AvgIpc) is 2.44. The van der Waals surface area contributed by atoms with Crippen LogP contribution < -0.4 is 11.5 Å². The van der Waals surface area contributed by atoms with Gasteiger partial charge in [-0.25, -0.2) is 0 Å². The molecule has 0 aliphatic heterocycles. The van der Waals surface area contributed by atoms with Crippen molar-refractivity contribution in [3.8, 4) is 6.07 Å². The largest absolute Gasteiger partial charge is 0.368 e. The lowest BCUT2D eigenvalue weighted by atomic mass is 10.0. The minimum atomic E-state index is -0.664. The lowest BCUT2D eigenvalue weighted by Gasteiger charge is -2.06. The maximum Gasteiger partial charge on any atom is 0.234 e. The monoisotopic (exact) mass is 249 g/mol. The molecule has 4 heteroatoms. The standard InChI is InChI=1S/C10H11N3O.2C2H6/c11-6-8-3-1-7(2-4-8)5-9(12)10(13)14;2*1-2/h1-4,9H,5,12H2,(H2,13,14);2*1-2H3/t9-;;/m0../s1. The number of carbonyl (C=O) groups is 1. The van der Waals surface area contributed by atoms with Crippen LogP contribution in [0.3, 0.4) is 0 Å². The number of amides is 1. The fourth-order valence-electron chi connectivity index (χ4n) is 1.07. The highest BCUT2D eigenvalue weighted by Crippen LogP contribution is 2.05. The molecule has 0 spiro atoms. The zero-order valence-electron chi connectivity index (χ0n) is 11.6. The Morgan fingerprint density at radius 3 is 2.00 bits per heavy atom. The molecule has 1 aromatic carbocycles. The van der Waals surface area contributed by atoms with E-state index in [9.17, 15) is 4.79 Å². The summed E-state index contributed by atoms with van der Waals surface area (Å²) in [4.78, 5) is 10.7. The first-order valence-electron chi connectivity index (χ1n) is 6.17. The second kappa shape index (κ2) is 11.6. The Hall–Kier alpha value is -1.86. The van der Waals surface area contributed by atoms with Crippen molar-refractivity contribution < 1.29 is 4.79 Å². The average molecular weight is 249 g/mol. The van der Waals surface area contributed by atoms with Gasteiger partial charge in [0, 0.05) is 0 Å². The van der Waals surface area contributed by atoms with Crippen molar-refractivity contribution in [2.45, 2.75) is 40.2 Å². The van der Waals surface area contributed by atoms with Crippen molar-refractivity contribution in [2.75, 3.05) is 0 Å². The van der Waals surface area contributed by atoms with E-state index in [1.54, 1.807) is 24.3 Å². The van der Waals surface area contributed by atoms with Crippen LogP contribution in [0.15, 0.2) is 24.3 Å². The first-order chi connectivity index (χ1) is 8.63. The zero-order chi connectivity index (χ0) is 14.6. The van der Waals surface area contributed by atoms with Crippen LogP contribution in [0.5, 0.6) is 0 Å². The van der Waals surface area contributed by atoms with E-state index in [1.807, 2.05) is 33.8 Å². The smallest absolute Gasteiger partial charge is 0.234 e. The van der Waals surface area contributed by atoms with Crippen LogP contribution in [0.2, 0.25) is 0 Å². The number of rotatable bonds is 3. The van der Waals surface area contributed by atoms with Crippen LogP contribution in [0.25, 0.3) is 0 Å². The van der Waals surface area contributed by atoms with Gasteiger partial charge in [-0.1, -0.05) is 39.8 Å². The van der Waals surface area contributed by atoms with Gasteiger partial charge in [0.15, 0.2) is 0 Å². The Bertz CT molecular complexity index is 366. The van der Waals surface area contributed by atoms with E-state index in [1.165, 1.54) is 0 Å². The summed E-state index contributed by atoms with van der Waals surface area (Å²) >= 11 is 0. The van der Waals surface area contributed by atoms with Crippen LogP contribution in [-0.2, 0) is 11.2 Å². The number of primary amides is 1. The van der Waals surface area contributed by atoms with Crippen LogP contribution >= 0.6 is 0 Å². The number of nitrogens with zero attached hydrogens (tertiary/aromatic N) is 1. The highest BCUT2D eigenvalue weighted by Gasteiger charge is 2.09. The first kappa shape index (κ1) is 18.5. The molecule has 1 amide bonds. The number of hydrogen-bond acceptors (Lipinski definition) is 3. The quantitative estimate of drug-likeness (QED) is 0.857. The summed E-state index contributed by atoms with van der Waals surface area (Å²) in [7, 11) is 0. The molecule has 0 aliphatic carbocycles. The minimum Gasteiger partial charge on any atom is -0.368 e. The maximum absolute atomic E-state index is 10.7. The van der Waals surface area contributed by atoms with Crippen molar-refractivity contribution >= 4 is 5.91 Å². The molecule has 0 unspecified atom stereocenters. The van der Waals surface area contributed by atoms with Crippen LogP contribution in [-0.4, -0.2) is 11.9 Å². The van der Waals surface area contributed by atoms with Crippen LogP contribution in [0.1, 0.15) is 38.8 Å². The number of nitrogens with two attached hydrogens (primary N) is 2. The van der Waals surface area contributed by atoms with Crippen LogP contribution in [0, 0.1) is 11.3 Å². The van der Waals surface area contributed by atoms with Crippen molar-refractivity contribution in [1.82, 2.24) is 0 Å². The third-order valence-corrected chi connectivity index (χ3v) is 1.90. The van der Waals surface area contributed by atoms with E-state index in [0.717, 1.165) is 5.56 Å². The van der Waals surface area contributed by atoms with Crippen molar-refractivity contribution in [3.05, 3.63) is 35.4 Å². The Balaban J connectivity index is 0. The molecule has 4 nitrogen and oxygen atoms in total. The predicted molar refractivity (Wildman–Crippen MR) is 74.7 cm³/mol. The second-order valence-corrected chi connectivity index (χ2v) is 3.02. The molecule has 0 heterocycles. The molecular weight excluding hydrogens is 226 g/mol. The normalized spacial score (nSPS) is 9.78. The summed E-state index contributed by atoms with van der Waals surface area (Å²) in [5.74, 6) is -0.519. The molecule has 1 rings (SSSR count). The van der Waals surface area contributed by atoms with Crippen LogP contribution in [0.4, 0.5) is 0 Å². The van der Waals surface area contributed by atoms with E-state index < -0.39 is 11.9 Å². The highest BCUT2D eigenvalue weighted by atomic mass is 16.1. The van der Waals surface area contributed by atoms with Crippen molar-refractivity contribution in [2.24, 2.45) is 11.5 Å². The molecule has 4 N–H and O–H groups in total. The summed E-state index contributed by atoms with van der Waals surface area (Å²) in [6, 6.07) is 8.24. The van der Waals surface area contributed by atoms with E-state index in [-0.39, 0.29) is 0 Å². The Morgan fingerprint density at radius 2 is 1.67 bits per heavy atom. The fraction of sp³-hybridized carbons (Fsp3) is 0.429. The van der Waals surface area contributed by atoms with E-state index in [2.05, 4.69) is 0 Å². The van der Waals surface area contributed by atoms with Gasteiger partial charge in [0.1, 0.15) is 0 Å². The summed E-state index contributed by atoms with van der Waals surface area (Å²) in [5.41, 5.74) is 12.0. The molecule has 0 saturated carbocycles. The predicted octanol–water partition coefficient (Wildman–Crippen LogP) is 1.97. The minimum absolute atomic E-state index is 0.404. The molecule has 100 valence electrons. The van der Waals surface area contributed by atoms with Gasteiger partial charge in [-0.2, -0.15) is 5.26 Å². The first-order valence-corrected chi connectivity index (χ1v) is 6.17. The third kappa shape index (κ3) is 7.42. The molecule has 18 heavy (non-hydrogen) atoms. The second-order valence-electron chi connectivity index (χ2n) is 3.02. The van der Waals surface area contributed by atoms with E-state index >= 15 is 0 Å². The molecule has 0 radical (unpaired) electrons. The van der Waals surface area contributed by atoms with Gasteiger partial charge in [0.05, 0.1) is 17.7 Å². The van der Waals surface area contributed by atoms with Gasteiger partial charge >= 0.3 is 0 Å². The van der Waals surface area contributed by atoms with Gasteiger partial charge in [0.2, 0.25) is 5.91 Å². The molecular formula is C14H23N3O. The van der Waals surface area contributed by atoms with Gasteiger partial charge < -0.3 is 11.5 Å². The Kier molecular flexibility index (Phi) is 11.9. The number of nitriles is 1. The van der Waals surface area contributed by atoms with Gasteiger partial charge in [-0.15, -0.1) is 0 Å². The van der Waals surface area contributed by atoms with E-state index in [0.29, 0.717) is 12.0 Å². The summed E-state index contributed by atoms with van der Waals surface area (Å²) in [6.07, 6.45) is 0.404. The Labute approximate surface area is 110 Å². The third-order valence-electron chi connectivity index (χ3n) is 1.90. The van der Waals surface area contributed by atoms with Gasteiger partial charge in [-0.3, -0.25) is 4.79 Å². The van der Waals surface area contributed by atoms with Crippen molar-refractivity contribution in [1.29, 1.82) is 5.26 Å². The molecule has 0 fully saturated rings.